The van der Waals surface area contributed by atoms with Gasteiger partial charge in [0.05, 0.1) is 0 Å². The van der Waals surface area contributed by atoms with E-state index in [0.717, 1.165) is 6.08 Å². The highest BCUT2D eigenvalue weighted by Gasteiger charge is 2.03. The van der Waals surface area contributed by atoms with Crippen LogP contribution in [0.1, 0.15) is 6.92 Å². The fourth-order valence-corrected chi connectivity index (χ4v) is 0.635. The SMILES string of the molecule is C=C(C)C(=O)OCCOC(=O)/C=C\COO. The van der Waals surface area contributed by atoms with Crippen molar-refractivity contribution < 1.29 is 29.2 Å². The van der Waals surface area contributed by atoms with Gasteiger partial charge in [-0.05, 0) is 13.0 Å². The Bertz CT molecular complexity index is 281. The van der Waals surface area contributed by atoms with Crippen LogP contribution in [0, 0.1) is 0 Å². The van der Waals surface area contributed by atoms with Crippen LogP contribution in [0.25, 0.3) is 0 Å². The Labute approximate surface area is 93.0 Å². The van der Waals surface area contributed by atoms with Crippen molar-refractivity contribution in [1.82, 2.24) is 0 Å². The molecular weight excluding hydrogens is 216 g/mol. The summed E-state index contributed by atoms with van der Waals surface area (Å²) in [5, 5.41) is 7.94. The fraction of sp³-hybridized carbons (Fsp3) is 0.400. The van der Waals surface area contributed by atoms with Crippen molar-refractivity contribution in [2.75, 3.05) is 19.8 Å². The lowest BCUT2D eigenvalue weighted by Gasteiger charge is -2.04. The van der Waals surface area contributed by atoms with Gasteiger partial charge >= 0.3 is 11.9 Å². The number of ether oxygens (including phenoxy) is 2. The first-order valence-corrected chi connectivity index (χ1v) is 4.50. The van der Waals surface area contributed by atoms with Crippen LogP contribution in [0.15, 0.2) is 24.3 Å². The van der Waals surface area contributed by atoms with Gasteiger partial charge in [-0.15, -0.1) is 0 Å². The summed E-state index contributed by atoms with van der Waals surface area (Å²) in [4.78, 5) is 25.5. The van der Waals surface area contributed by atoms with Crippen molar-refractivity contribution in [3.05, 3.63) is 24.3 Å². The zero-order valence-corrected chi connectivity index (χ0v) is 8.97. The zero-order chi connectivity index (χ0) is 12.4. The topological polar surface area (TPSA) is 82.1 Å². The van der Waals surface area contributed by atoms with E-state index in [2.05, 4.69) is 20.9 Å². The van der Waals surface area contributed by atoms with Crippen molar-refractivity contribution in [2.24, 2.45) is 0 Å². The van der Waals surface area contributed by atoms with E-state index >= 15 is 0 Å². The maximum absolute atomic E-state index is 10.9. The van der Waals surface area contributed by atoms with E-state index in [1.165, 1.54) is 13.0 Å². The fourth-order valence-electron chi connectivity index (χ4n) is 0.635. The van der Waals surface area contributed by atoms with Gasteiger partial charge in [0.25, 0.3) is 0 Å². The third-order valence-corrected chi connectivity index (χ3v) is 1.33. The van der Waals surface area contributed by atoms with Crippen LogP contribution in [0.5, 0.6) is 0 Å². The van der Waals surface area contributed by atoms with Gasteiger partial charge < -0.3 is 9.47 Å². The summed E-state index contributed by atoms with van der Waals surface area (Å²) >= 11 is 0. The van der Waals surface area contributed by atoms with E-state index in [1.54, 1.807) is 0 Å². The maximum atomic E-state index is 10.9. The first kappa shape index (κ1) is 14.3. The molecule has 0 aliphatic rings. The molecule has 0 rings (SSSR count). The van der Waals surface area contributed by atoms with Crippen LogP contribution in [0.4, 0.5) is 0 Å². The van der Waals surface area contributed by atoms with E-state index in [9.17, 15) is 9.59 Å². The van der Waals surface area contributed by atoms with Gasteiger partial charge in [-0.3, -0.25) is 5.26 Å². The maximum Gasteiger partial charge on any atom is 0.333 e. The molecule has 0 unspecified atom stereocenters. The van der Waals surface area contributed by atoms with Crippen molar-refractivity contribution in [3.63, 3.8) is 0 Å². The lowest BCUT2D eigenvalue weighted by atomic mass is 10.4. The summed E-state index contributed by atoms with van der Waals surface area (Å²) in [5.74, 6) is -1.14. The second kappa shape index (κ2) is 8.63. The normalized spacial score (nSPS) is 10.1. The molecule has 0 aromatic heterocycles. The van der Waals surface area contributed by atoms with Crippen molar-refractivity contribution in [1.29, 1.82) is 0 Å². The number of hydrogen-bond acceptors (Lipinski definition) is 6. The molecule has 6 heteroatoms. The highest BCUT2D eigenvalue weighted by Crippen LogP contribution is 1.92. The molecule has 0 bridgehead atoms. The van der Waals surface area contributed by atoms with Crippen molar-refractivity contribution in [3.8, 4) is 0 Å². The molecule has 16 heavy (non-hydrogen) atoms. The average Bonchev–Trinajstić information content (AvgIpc) is 2.24. The van der Waals surface area contributed by atoms with Crippen LogP contribution in [-0.4, -0.2) is 37.0 Å². The number of carbonyl (C=O) groups is 2. The lowest BCUT2D eigenvalue weighted by Crippen LogP contribution is -2.13. The molecule has 6 nitrogen and oxygen atoms in total. The molecule has 0 saturated carbocycles. The quantitative estimate of drug-likeness (QED) is 0.228. The molecule has 0 aromatic carbocycles. The molecule has 0 aliphatic carbocycles. The molecule has 90 valence electrons. The van der Waals surface area contributed by atoms with Crippen LogP contribution in [0.3, 0.4) is 0 Å². The number of rotatable bonds is 7. The molecule has 0 fully saturated rings. The Balaban J connectivity index is 3.55. The Morgan fingerprint density at radius 1 is 1.31 bits per heavy atom. The van der Waals surface area contributed by atoms with E-state index in [1.807, 2.05) is 0 Å². The summed E-state index contributed by atoms with van der Waals surface area (Å²) in [5.41, 5.74) is 0.284. The molecule has 0 spiro atoms. The molecule has 0 aliphatic heterocycles. The first-order valence-electron chi connectivity index (χ1n) is 4.50. The highest BCUT2D eigenvalue weighted by molar-refractivity contribution is 5.87. The molecule has 0 radical (unpaired) electrons. The minimum Gasteiger partial charge on any atom is -0.459 e. The molecule has 0 heterocycles. The lowest BCUT2D eigenvalue weighted by molar-refractivity contribution is -0.231. The van der Waals surface area contributed by atoms with Gasteiger partial charge in [0.2, 0.25) is 0 Å². The van der Waals surface area contributed by atoms with Crippen LogP contribution < -0.4 is 0 Å². The Kier molecular flexibility index (Phi) is 7.74. The molecular formula is C10H14O6. The third-order valence-electron chi connectivity index (χ3n) is 1.33. The largest absolute Gasteiger partial charge is 0.459 e. The molecule has 0 amide bonds. The zero-order valence-electron chi connectivity index (χ0n) is 8.97. The predicted molar refractivity (Wildman–Crippen MR) is 54.5 cm³/mol. The van der Waals surface area contributed by atoms with Gasteiger partial charge in [-0.1, -0.05) is 6.58 Å². The molecule has 0 saturated heterocycles. The number of esters is 2. The highest BCUT2D eigenvalue weighted by atomic mass is 17.1. The number of hydrogen-bond donors (Lipinski definition) is 1. The van der Waals surface area contributed by atoms with Crippen LogP contribution in [0.2, 0.25) is 0 Å². The number of carbonyl (C=O) groups excluding carboxylic acids is 2. The summed E-state index contributed by atoms with van der Waals surface area (Å²) in [6.45, 7) is 4.74. The van der Waals surface area contributed by atoms with Crippen LogP contribution >= 0.6 is 0 Å². The monoisotopic (exact) mass is 230 g/mol. The van der Waals surface area contributed by atoms with Gasteiger partial charge in [0, 0.05) is 11.6 Å². The predicted octanol–water partition coefficient (Wildman–Crippen LogP) is 0.695. The van der Waals surface area contributed by atoms with E-state index < -0.39 is 11.9 Å². The van der Waals surface area contributed by atoms with Gasteiger partial charge in [-0.2, -0.15) is 0 Å². The molecule has 0 aromatic rings. The summed E-state index contributed by atoms with van der Waals surface area (Å²) in [6.07, 6.45) is 2.37. The smallest absolute Gasteiger partial charge is 0.333 e. The van der Waals surface area contributed by atoms with E-state index in [4.69, 9.17) is 5.26 Å². The van der Waals surface area contributed by atoms with E-state index in [0.29, 0.717) is 0 Å². The second-order valence-electron chi connectivity index (χ2n) is 2.78. The van der Waals surface area contributed by atoms with Crippen molar-refractivity contribution >= 4 is 11.9 Å². The van der Waals surface area contributed by atoms with Gasteiger partial charge in [0.15, 0.2) is 0 Å². The summed E-state index contributed by atoms with van der Waals surface area (Å²) < 4.78 is 9.32. The summed E-state index contributed by atoms with van der Waals surface area (Å²) in [7, 11) is 0. The van der Waals surface area contributed by atoms with Gasteiger partial charge in [0.1, 0.15) is 19.8 Å². The average molecular weight is 230 g/mol. The third kappa shape index (κ3) is 7.72. The summed E-state index contributed by atoms with van der Waals surface area (Å²) in [6, 6.07) is 0. The Morgan fingerprint density at radius 2 is 1.94 bits per heavy atom. The van der Waals surface area contributed by atoms with E-state index in [-0.39, 0.29) is 25.4 Å². The standard InChI is InChI=1S/C10H14O6/c1-8(2)10(12)15-7-6-14-9(11)4-3-5-16-13/h3-4,13H,1,5-7H2,2H3/b4-3-. The van der Waals surface area contributed by atoms with Crippen molar-refractivity contribution in [2.45, 2.75) is 6.92 Å². The van der Waals surface area contributed by atoms with Gasteiger partial charge in [-0.25, -0.2) is 14.5 Å². The molecule has 1 N–H and O–H groups in total. The Morgan fingerprint density at radius 3 is 2.50 bits per heavy atom. The minimum absolute atomic E-state index is 0.0260. The minimum atomic E-state index is -0.608. The first-order chi connectivity index (χ1) is 7.57. The Hall–Kier alpha value is -1.66. The van der Waals surface area contributed by atoms with Crippen LogP contribution in [-0.2, 0) is 24.0 Å². The molecule has 0 atom stereocenters. The second-order valence-corrected chi connectivity index (χ2v) is 2.78.